The van der Waals surface area contributed by atoms with Crippen LogP contribution in [-0.4, -0.2) is 68.8 Å². The van der Waals surface area contributed by atoms with E-state index in [-0.39, 0.29) is 11.9 Å². The summed E-state index contributed by atoms with van der Waals surface area (Å²) in [5, 5.41) is 0. The van der Waals surface area contributed by atoms with Gasteiger partial charge in [0.15, 0.2) is 6.04 Å². The largest absolute Gasteiger partial charge is 0.338 e. The number of carbonyl (C=O) groups excluding carboxylic acids is 1. The first kappa shape index (κ1) is 21.3. The molecule has 0 saturated carbocycles. The number of sulfonamides is 1. The fourth-order valence-electron chi connectivity index (χ4n) is 4.21. The summed E-state index contributed by atoms with van der Waals surface area (Å²) in [5.74, 6) is 0.224. The van der Waals surface area contributed by atoms with Crippen molar-refractivity contribution in [1.82, 2.24) is 9.21 Å². The molecule has 0 aromatic heterocycles. The number of hydrogen-bond acceptors (Lipinski definition) is 3. The van der Waals surface area contributed by atoms with Crippen LogP contribution in [0.4, 0.5) is 0 Å². The maximum absolute atomic E-state index is 13.0. The van der Waals surface area contributed by atoms with Crippen LogP contribution in [0.5, 0.6) is 0 Å². The number of hydrogen-bond donors (Lipinski definition) is 1. The summed E-state index contributed by atoms with van der Waals surface area (Å²) in [6, 6.07) is 5.22. The van der Waals surface area contributed by atoms with E-state index in [1.165, 1.54) is 17.7 Å². The maximum Gasteiger partial charge on any atom is 0.280 e. The number of likely N-dealkylation sites (tertiary alicyclic amines) is 1. The predicted octanol–water partition coefficient (Wildman–Crippen LogP) is 0.984. The SMILES string of the molecule is Cc1ccc(S(=O)(=O)N2CC[NH+]([C@H](C)C(=O)N3CCCCCC3)CC2)cc1C. The highest BCUT2D eigenvalue weighted by atomic mass is 32.2. The van der Waals surface area contributed by atoms with Gasteiger partial charge in [-0.15, -0.1) is 0 Å². The van der Waals surface area contributed by atoms with Crippen LogP contribution in [-0.2, 0) is 14.8 Å². The van der Waals surface area contributed by atoms with Crippen molar-refractivity contribution in [2.45, 2.75) is 57.4 Å². The number of nitrogens with zero attached hydrogens (tertiary/aromatic N) is 2. The summed E-state index contributed by atoms with van der Waals surface area (Å²) in [7, 11) is -3.47. The highest BCUT2D eigenvalue weighted by Gasteiger charge is 2.36. The molecular formula is C21H34N3O3S+. The Morgan fingerprint density at radius 2 is 1.57 bits per heavy atom. The number of amides is 1. The second-order valence-corrected chi connectivity index (χ2v) is 10.2. The van der Waals surface area contributed by atoms with Gasteiger partial charge in [-0.25, -0.2) is 8.42 Å². The smallest absolute Gasteiger partial charge is 0.280 e. The molecule has 0 radical (unpaired) electrons. The van der Waals surface area contributed by atoms with Gasteiger partial charge in [-0.05, 0) is 56.9 Å². The van der Waals surface area contributed by atoms with Gasteiger partial charge in [-0.3, -0.25) is 4.79 Å². The topological polar surface area (TPSA) is 62.1 Å². The highest BCUT2D eigenvalue weighted by molar-refractivity contribution is 7.89. The Bertz CT molecular complexity index is 793. The van der Waals surface area contributed by atoms with E-state index < -0.39 is 10.0 Å². The molecule has 0 bridgehead atoms. The zero-order valence-electron chi connectivity index (χ0n) is 17.4. The summed E-state index contributed by atoms with van der Waals surface area (Å²) in [6.07, 6.45) is 4.60. The van der Waals surface area contributed by atoms with Crippen molar-refractivity contribution < 1.29 is 18.1 Å². The standard InChI is InChI=1S/C21H33N3O3S/c1-17-8-9-20(16-18(17)2)28(26,27)24-14-12-22(13-15-24)19(3)21(25)23-10-6-4-5-7-11-23/h8-9,16,19H,4-7,10-15H2,1-3H3/p+1/t19-/m1/s1. The number of piperazine rings is 1. The van der Waals surface area contributed by atoms with Crippen molar-refractivity contribution in [3.05, 3.63) is 29.3 Å². The van der Waals surface area contributed by atoms with E-state index >= 15 is 0 Å². The van der Waals surface area contributed by atoms with Gasteiger partial charge < -0.3 is 9.80 Å². The summed E-state index contributed by atoms with van der Waals surface area (Å²) in [4.78, 5) is 16.5. The van der Waals surface area contributed by atoms with E-state index in [9.17, 15) is 13.2 Å². The van der Waals surface area contributed by atoms with Crippen LogP contribution in [0.1, 0.15) is 43.7 Å². The molecule has 2 heterocycles. The monoisotopic (exact) mass is 408 g/mol. The van der Waals surface area contributed by atoms with Crippen molar-refractivity contribution in [2.75, 3.05) is 39.3 Å². The lowest BCUT2D eigenvalue weighted by atomic mass is 10.1. The van der Waals surface area contributed by atoms with Gasteiger partial charge in [0.1, 0.15) is 0 Å². The van der Waals surface area contributed by atoms with Crippen molar-refractivity contribution in [3.63, 3.8) is 0 Å². The molecule has 0 aliphatic carbocycles. The van der Waals surface area contributed by atoms with Crippen molar-refractivity contribution in [2.24, 2.45) is 0 Å². The highest BCUT2D eigenvalue weighted by Crippen LogP contribution is 2.19. The summed E-state index contributed by atoms with van der Waals surface area (Å²) in [6.45, 7) is 9.91. The molecule has 2 saturated heterocycles. The molecule has 28 heavy (non-hydrogen) atoms. The number of benzene rings is 1. The van der Waals surface area contributed by atoms with Crippen LogP contribution in [0.15, 0.2) is 23.1 Å². The Hall–Kier alpha value is -1.44. The van der Waals surface area contributed by atoms with Crippen LogP contribution in [0.2, 0.25) is 0 Å². The molecule has 3 rings (SSSR count). The number of carbonyl (C=O) groups is 1. The number of quaternary nitrogens is 1. The number of aryl methyl sites for hydroxylation is 2. The molecule has 6 nitrogen and oxygen atoms in total. The third kappa shape index (κ3) is 4.58. The van der Waals surface area contributed by atoms with Gasteiger partial charge in [0.25, 0.3) is 5.91 Å². The molecular weight excluding hydrogens is 374 g/mol. The molecule has 1 aromatic carbocycles. The molecule has 2 aliphatic rings. The number of rotatable bonds is 4. The predicted molar refractivity (Wildman–Crippen MR) is 110 cm³/mol. The van der Waals surface area contributed by atoms with E-state index in [0.29, 0.717) is 31.1 Å². The zero-order valence-corrected chi connectivity index (χ0v) is 18.2. The first-order valence-electron chi connectivity index (χ1n) is 10.5. The second kappa shape index (κ2) is 8.93. The van der Waals surface area contributed by atoms with E-state index in [0.717, 1.165) is 37.1 Å². The second-order valence-electron chi connectivity index (χ2n) is 8.27. The lowest BCUT2D eigenvalue weighted by Crippen LogP contribution is -3.19. The van der Waals surface area contributed by atoms with E-state index in [2.05, 4.69) is 0 Å². The lowest BCUT2D eigenvalue weighted by Gasteiger charge is -2.35. The van der Waals surface area contributed by atoms with Crippen LogP contribution >= 0.6 is 0 Å². The maximum atomic E-state index is 13.0. The van der Waals surface area contributed by atoms with Gasteiger partial charge in [0.05, 0.1) is 31.1 Å². The summed E-state index contributed by atoms with van der Waals surface area (Å²) >= 11 is 0. The molecule has 0 unspecified atom stereocenters. The Kier molecular flexibility index (Phi) is 6.78. The van der Waals surface area contributed by atoms with Crippen molar-refractivity contribution >= 4 is 15.9 Å². The van der Waals surface area contributed by atoms with Crippen LogP contribution in [0.25, 0.3) is 0 Å². The van der Waals surface area contributed by atoms with E-state index in [4.69, 9.17) is 0 Å². The Labute approximate surface area is 169 Å². The third-order valence-corrected chi connectivity index (χ3v) is 8.28. The molecule has 2 aliphatic heterocycles. The fourth-order valence-corrected chi connectivity index (χ4v) is 5.74. The van der Waals surface area contributed by atoms with E-state index in [1.54, 1.807) is 16.4 Å². The minimum Gasteiger partial charge on any atom is -0.338 e. The van der Waals surface area contributed by atoms with Crippen LogP contribution in [0.3, 0.4) is 0 Å². The Morgan fingerprint density at radius 3 is 2.14 bits per heavy atom. The first-order chi connectivity index (χ1) is 13.3. The Balaban J connectivity index is 1.61. The summed E-state index contributed by atoms with van der Waals surface area (Å²) < 4.78 is 27.5. The minimum atomic E-state index is -3.47. The average molecular weight is 409 g/mol. The van der Waals surface area contributed by atoms with Crippen LogP contribution < -0.4 is 4.90 Å². The van der Waals surface area contributed by atoms with Crippen LogP contribution in [0, 0.1) is 13.8 Å². The van der Waals surface area contributed by atoms with Gasteiger partial charge >= 0.3 is 0 Å². The Morgan fingerprint density at radius 1 is 0.964 bits per heavy atom. The summed E-state index contributed by atoms with van der Waals surface area (Å²) in [5.41, 5.74) is 2.08. The van der Waals surface area contributed by atoms with Gasteiger partial charge in [0, 0.05) is 13.1 Å². The minimum absolute atomic E-state index is 0.107. The van der Waals surface area contributed by atoms with Gasteiger partial charge in [-0.1, -0.05) is 18.9 Å². The molecule has 1 amide bonds. The lowest BCUT2D eigenvalue weighted by molar-refractivity contribution is -0.918. The van der Waals surface area contributed by atoms with Gasteiger partial charge in [0.2, 0.25) is 10.0 Å². The number of nitrogens with one attached hydrogen (secondary N) is 1. The van der Waals surface area contributed by atoms with Crippen molar-refractivity contribution in [1.29, 1.82) is 0 Å². The molecule has 1 N–H and O–H groups in total. The normalized spacial score (nSPS) is 21.3. The fraction of sp³-hybridized carbons (Fsp3) is 0.667. The molecule has 156 valence electrons. The molecule has 0 spiro atoms. The van der Waals surface area contributed by atoms with Gasteiger partial charge in [-0.2, -0.15) is 4.31 Å². The van der Waals surface area contributed by atoms with Crippen molar-refractivity contribution in [3.8, 4) is 0 Å². The molecule has 7 heteroatoms. The van der Waals surface area contributed by atoms with E-state index in [1.807, 2.05) is 31.7 Å². The molecule has 1 aromatic rings. The molecule has 2 fully saturated rings. The zero-order chi connectivity index (χ0) is 20.3. The quantitative estimate of drug-likeness (QED) is 0.808. The third-order valence-electron chi connectivity index (χ3n) is 6.38. The first-order valence-corrected chi connectivity index (χ1v) is 12.0. The average Bonchev–Trinajstić information content (AvgIpc) is 2.98. The molecule has 1 atom stereocenters.